The van der Waals surface area contributed by atoms with E-state index in [1.165, 1.54) is 29.5 Å². The molecule has 0 bridgehead atoms. The number of rotatable bonds is 2. The standard InChI is InChI=1S/C9H8N4O3/c14-8-4-2-6-12(11-8)9-7(13(15)16)3-1-5-10-9/h1-3,5-6H,4H2,(H,11,14). The summed E-state index contributed by atoms with van der Waals surface area (Å²) in [5, 5.41) is 12.0. The van der Waals surface area contributed by atoms with Crippen molar-refractivity contribution in [3.05, 3.63) is 40.7 Å². The lowest BCUT2D eigenvalue weighted by molar-refractivity contribution is -0.384. The third-order valence-electron chi connectivity index (χ3n) is 1.99. The molecule has 0 spiro atoms. The van der Waals surface area contributed by atoms with Crippen LogP contribution in [0.15, 0.2) is 30.6 Å². The van der Waals surface area contributed by atoms with Crippen molar-refractivity contribution in [3.8, 4) is 0 Å². The highest BCUT2D eigenvalue weighted by Crippen LogP contribution is 2.24. The van der Waals surface area contributed by atoms with Gasteiger partial charge in [0.25, 0.3) is 0 Å². The average molecular weight is 220 g/mol. The number of nitrogens with one attached hydrogen (secondary N) is 1. The second-order valence-electron chi connectivity index (χ2n) is 3.10. The number of aromatic nitrogens is 1. The Balaban J connectivity index is 2.39. The zero-order valence-corrected chi connectivity index (χ0v) is 8.16. The fourth-order valence-corrected chi connectivity index (χ4v) is 1.32. The molecule has 0 aliphatic carbocycles. The van der Waals surface area contributed by atoms with Gasteiger partial charge in [0.15, 0.2) is 0 Å². The number of hydrazine groups is 1. The molecule has 7 nitrogen and oxygen atoms in total. The molecule has 0 aromatic carbocycles. The van der Waals surface area contributed by atoms with Gasteiger partial charge in [-0.1, -0.05) is 6.08 Å². The molecule has 0 saturated carbocycles. The summed E-state index contributed by atoms with van der Waals surface area (Å²) in [6.45, 7) is 0. The number of hydrogen-bond donors (Lipinski definition) is 1. The van der Waals surface area contributed by atoms with E-state index in [9.17, 15) is 14.9 Å². The normalized spacial score (nSPS) is 14.8. The highest BCUT2D eigenvalue weighted by molar-refractivity contribution is 5.81. The molecule has 2 rings (SSSR count). The van der Waals surface area contributed by atoms with Crippen molar-refractivity contribution in [3.63, 3.8) is 0 Å². The van der Waals surface area contributed by atoms with Crippen molar-refractivity contribution < 1.29 is 9.72 Å². The topological polar surface area (TPSA) is 88.4 Å². The number of carbonyl (C=O) groups is 1. The maximum Gasteiger partial charge on any atom is 0.313 e. The number of anilines is 1. The summed E-state index contributed by atoms with van der Waals surface area (Å²) in [5.74, 6) is -0.140. The number of nitrogens with zero attached hydrogens (tertiary/aromatic N) is 3. The van der Waals surface area contributed by atoms with E-state index in [4.69, 9.17) is 0 Å². The van der Waals surface area contributed by atoms with Gasteiger partial charge in [-0.2, -0.15) is 0 Å². The van der Waals surface area contributed by atoms with Crippen LogP contribution in [0.4, 0.5) is 11.5 Å². The van der Waals surface area contributed by atoms with Crippen molar-refractivity contribution in [2.75, 3.05) is 5.01 Å². The summed E-state index contributed by atoms with van der Waals surface area (Å²) in [4.78, 5) is 25.2. The lowest BCUT2D eigenvalue weighted by Gasteiger charge is -2.22. The molecule has 1 aliphatic heterocycles. The summed E-state index contributed by atoms with van der Waals surface area (Å²) in [5.41, 5.74) is 2.31. The van der Waals surface area contributed by atoms with Crippen LogP contribution in [0.3, 0.4) is 0 Å². The summed E-state index contributed by atoms with van der Waals surface area (Å²) < 4.78 is 0. The Morgan fingerprint density at radius 2 is 2.38 bits per heavy atom. The first-order valence-corrected chi connectivity index (χ1v) is 4.53. The van der Waals surface area contributed by atoms with Gasteiger partial charge in [-0.15, -0.1) is 0 Å². The summed E-state index contributed by atoms with van der Waals surface area (Å²) >= 11 is 0. The Morgan fingerprint density at radius 1 is 1.56 bits per heavy atom. The average Bonchev–Trinajstić information content (AvgIpc) is 2.29. The van der Waals surface area contributed by atoms with Crippen molar-refractivity contribution in [1.29, 1.82) is 0 Å². The molecule has 1 aliphatic rings. The van der Waals surface area contributed by atoms with Gasteiger partial charge in [-0.25, -0.2) is 9.99 Å². The van der Waals surface area contributed by atoms with Crippen LogP contribution in [0.5, 0.6) is 0 Å². The van der Waals surface area contributed by atoms with Crippen LogP contribution in [0, 0.1) is 10.1 Å². The summed E-state index contributed by atoms with van der Waals surface area (Å²) in [6, 6.07) is 2.80. The molecule has 0 unspecified atom stereocenters. The molecule has 1 N–H and O–H groups in total. The number of amides is 1. The zero-order valence-electron chi connectivity index (χ0n) is 8.16. The minimum absolute atomic E-state index is 0.0943. The Labute approximate surface area is 90.5 Å². The van der Waals surface area contributed by atoms with Gasteiger partial charge >= 0.3 is 5.69 Å². The van der Waals surface area contributed by atoms with E-state index in [1.807, 2.05) is 0 Å². The van der Waals surface area contributed by atoms with Crippen molar-refractivity contribution in [1.82, 2.24) is 10.4 Å². The number of carbonyl (C=O) groups excluding carboxylic acids is 1. The largest absolute Gasteiger partial charge is 0.313 e. The third-order valence-corrected chi connectivity index (χ3v) is 1.99. The van der Waals surface area contributed by atoms with Gasteiger partial charge in [0, 0.05) is 24.9 Å². The van der Waals surface area contributed by atoms with E-state index < -0.39 is 4.92 Å². The number of nitro groups is 1. The quantitative estimate of drug-likeness (QED) is 0.586. The predicted octanol–water partition coefficient (Wildman–Crippen LogP) is 0.745. The molecule has 0 atom stereocenters. The first-order chi connectivity index (χ1) is 7.68. The first kappa shape index (κ1) is 10.1. The molecule has 1 amide bonds. The molecule has 7 heteroatoms. The van der Waals surface area contributed by atoms with Crippen LogP contribution in [-0.4, -0.2) is 15.8 Å². The lowest BCUT2D eigenvalue weighted by atomic mass is 10.3. The van der Waals surface area contributed by atoms with Crippen LogP contribution in [0.25, 0.3) is 0 Å². The Bertz CT molecular complexity index is 472. The van der Waals surface area contributed by atoms with Crippen molar-refractivity contribution in [2.24, 2.45) is 0 Å². The third kappa shape index (κ3) is 1.83. The minimum Gasteiger partial charge on any atom is -0.273 e. The number of pyridine rings is 1. The summed E-state index contributed by atoms with van der Waals surface area (Å²) in [6.07, 6.45) is 4.84. The van der Waals surface area contributed by atoms with Crippen molar-refractivity contribution >= 4 is 17.4 Å². The monoisotopic (exact) mass is 220 g/mol. The molecule has 16 heavy (non-hydrogen) atoms. The fraction of sp³-hybridized carbons (Fsp3) is 0.111. The lowest BCUT2D eigenvalue weighted by Crippen LogP contribution is -2.41. The highest BCUT2D eigenvalue weighted by atomic mass is 16.6. The first-order valence-electron chi connectivity index (χ1n) is 4.53. The van der Waals surface area contributed by atoms with Crippen LogP contribution >= 0.6 is 0 Å². The Morgan fingerprint density at radius 3 is 3.06 bits per heavy atom. The van der Waals surface area contributed by atoms with Crippen molar-refractivity contribution in [2.45, 2.75) is 6.42 Å². The summed E-state index contributed by atoms with van der Waals surface area (Å²) in [7, 11) is 0. The van der Waals surface area contributed by atoms with Gasteiger partial charge in [-0.3, -0.25) is 20.3 Å². The van der Waals surface area contributed by atoms with E-state index >= 15 is 0 Å². The van der Waals surface area contributed by atoms with Crippen LogP contribution in [-0.2, 0) is 4.79 Å². The molecule has 1 aromatic rings. The van der Waals surface area contributed by atoms with E-state index in [0.717, 1.165) is 0 Å². The SMILES string of the molecule is O=C1CC=CN(c2ncccc2[N+](=O)[O-])N1. The highest BCUT2D eigenvalue weighted by Gasteiger charge is 2.21. The van der Waals surface area contributed by atoms with Gasteiger partial charge < -0.3 is 0 Å². The van der Waals surface area contributed by atoms with Gasteiger partial charge in [0.1, 0.15) is 0 Å². The molecular formula is C9H8N4O3. The molecule has 0 saturated heterocycles. The minimum atomic E-state index is -0.545. The van der Waals surface area contributed by atoms with E-state index in [2.05, 4.69) is 10.4 Å². The number of hydrogen-bond acceptors (Lipinski definition) is 5. The van der Waals surface area contributed by atoms with Crippen LogP contribution < -0.4 is 10.4 Å². The zero-order chi connectivity index (χ0) is 11.5. The Kier molecular flexibility index (Phi) is 2.50. The van der Waals surface area contributed by atoms with Crippen LogP contribution in [0.1, 0.15) is 6.42 Å². The van der Waals surface area contributed by atoms with Gasteiger partial charge in [0.2, 0.25) is 11.7 Å². The molecule has 0 radical (unpaired) electrons. The van der Waals surface area contributed by atoms with E-state index in [-0.39, 0.29) is 23.8 Å². The Hall–Kier alpha value is -2.44. The maximum absolute atomic E-state index is 11.1. The van der Waals surface area contributed by atoms with E-state index in [1.54, 1.807) is 6.08 Å². The second-order valence-corrected chi connectivity index (χ2v) is 3.10. The molecule has 1 aromatic heterocycles. The fourth-order valence-electron chi connectivity index (χ4n) is 1.32. The second kappa shape index (κ2) is 3.97. The van der Waals surface area contributed by atoms with Gasteiger partial charge in [-0.05, 0) is 6.07 Å². The van der Waals surface area contributed by atoms with Crippen LogP contribution in [0.2, 0.25) is 0 Å². The molecule has 0 fully saturated rings. The predicted molar refractivity (Wildman–Crippen MR) is 55.3 cm³/mol. The van der Waals surface area contributed by atoms with Gasteiger partial charge in [0.05, 0.1) is 4.92 Å². The molecular weight excluding hydrogens is 212 g/mol. The molecule has 2 heterocycles. The van der Waals surface area contributed by atoms with E-state index in [0.29, 0.717) is 0 Å². The maximum atomic E-state index is 11.1. The smallest absolute Gasteiger partial charge is 0.273 e. The molecule has 82 valence electrons.